The lowest BCUT2D eigenvalue weighted by Crippen LogP contribution is -2.18. The fourth-order valence-corrected chi connectivity index (χ4v) is 5.95. The SMILES string of the molecule is CCCCOc1ccc(CCC2CCC(CCC3CCC(CCC)CC3)CC2)cc1. The van der Waals surface area contributed by atoms with E-state index in [9.17, 15) is 0 Å². The number of hydrogen-bond acceptors (Lipinski definition) is 1. The largest absolute Gasteiger partial charge is 0.494 e. The molecule has 1 nitrogen and oxygen atoms in total. The van der Waals surface area contributed by atoms with Crippen LogP contribution < -0.4 is 4.74 Å². The van der Waals surface area contributed by atoms with Gasteiger partial charge in [-0.15, -0.1) is 0 Å². The molecule has 1 aromatic carbocycles. The van der Waals surface area contributed by atoms with E-state index in [1.165, 1.54) is 102 Å². The molecule has 0 bridgehead atoms. The highest BCUT2D eigenvalue weighted by Gasteiger charge is 2.24. The molecule has 0 N–H and O–H groups in total. The Balaban J connectivity index is 1.26. The molecule has 3 rings (SSSR count). The van der Waals surface area contributed by atoms with Crippen molar-refractivity contribution in [2.45, 2.75) is 117 Å². The minimum absolute atomic E-state index is 0.846. The van der Waals surface area contributed by atoms with Gasteiger partial charge in [-0.1, -0.05) is 109 Å². The Bertz CT molecular complexity index is 546. The zero-order valence-corrected chi connectivity index (χ0v) is 20.0. The summed E-state index contributed by atoms with van der Waals surface area (Å²) < 4.78 is 5.79. The van der Waals surface area contributed by atoms with E-state index in [0.29, 0.717) is 0 Å². The second-order valence-corrected chi connectivity index (χ2v) is 10.5. The van der Waals surface area contributed by atoms with E-state index in [2.05, 4.69) is 38.1 Å². The molecule has 1 aromatic rings. The molecule has 2 fully saturated rings. The van der Waals surface area contributed by atoms with Crippen molar-refractivity contribution in [1.82, 2.24) is 0 Å². The molecule has 0 heterocycles. The lowest BCUT2D eigenvalue weighted by molar-refractivity contribution is 0.209. The second kappa shape index (κ2) is 13.4. The van der Waals surface area contributed by atoms with E-state index >= 15 is 0 Å². The van der Waals surface area contributed by atoms with Crippen molar-refractivity contribution >= 4 is 0 Å². The number of rotatable bonds is 12. The molecule has 0 unspecified atom stereocenters. The van der Waals surface area contributed by atoms with Crippen LogP contribution in [0.1, 0.15) is 116 Å². The Morgan fingerprint density at radius 1 is 0.633 bits per heavy atom. The van der Waals surface area contributed by atoms with Crippen LogP contribution in [-0.2, 0) is 6.42 Å². The summed E-state index contributed by atoms with van der Waals surface area (Å²) in [5.41, 5.74) is 1.48. The van der Waals surface area contributed by atoms with Crippen molar-refractivity contribution in [3.8, 4) is 5.75 Å². The molecule has 0 amide bonds. The van der Waals surface area contributed by atoms with Crippen molar-refractivity contribution in [2.24, 2.45) is 23.7 Å². The van der Waals surface area contributed by atoms with Gasteiger partial charge in [0.2, 0.25) is 0 Å². The first-order chi connectivity index (χ1) is 14.8. The molecule has 2 aliphatic rings. The predicted octanol–water partition coefficient (Wildman–Crippen LogP) is 8.99. The van der Waals surface area contributed by atoms with E-state index in [1.807, 2.05) is 0 Å². The summed E-state index contributed by atoms with van der Waals surface area (Å²) in [6, 6.07) is 8.89. The monoisotopic (exact) mass is 412 g/mol. The molecule has 0 atom stereocenters. The van der Waals surface area contributed by atoms with Gasteiger partial charge in [0.15, 0.2) is 0 Å². The lowest BCUT2D eigenvalue weighted by Gasteiger charge is -2.32. The van der Waals surface area contributed by atoms with Crippen LogP contribution in [0.25, 0.3) is 0 Å². The van der Waals surface area contributed by atoms with Gasteiger partial charge in [-0.3, -0.25) is 0 Å². The highest BCUT2D eigenvalue weighted by Crippen LogP contribution is 2.38. The maximum absolute atomic E-state index is 5.79. The molecular formula is C29H48O. The van der Waals surface area contributed by atoms with E-state index < -0.39 is 0 Å². The van der Waals surface area contributed by atoms with Gasteiger partial charge in [-0.25, -0.2) is 0 Å². The third-order valence-corrected chi connectivity index (χ3v) is 8.14. The first-order valence-corrected chi connectivity index (χ1v) is 13.5. The Hall–Kier alpha value is -0.980. The first-order valence-electron chi connectivity index (χ1n) is 13.5. The average molecular weight is 413 g/mol. The Kier molecular flexibility index (Phi) is 10.6. The molecule has 30 heavy (non-hydrogen) atoms. The lowest BCUT2D eigenvalue weighted by atomic mass is 9.74. The molecule has 0 aliphatic heterocycles. The van der Waals surface area contributed by atoms with Gasteiger partial charge in [0.1, 0.15) is 5.75 Å². The summed E-state index contributed by atoms with van der Waals surface area (Å²) in [5, 5.41) is 0. The number of ether oxygens (including phenoxy) is 1. The van der Waals surface area contributed by atoms with Gasteiger partial charge in [0, 0.05) is 0 Å². The second-order valence-electron chi connectivity index (χ2n) is 10.5. The standard InChI is InChI=1S/C29H48O/c1-3-5-23-30-29-21-19-28(20-22-29)18-17-27-15-13-26(14-16-27)12-11-25-9-7-24(6-4-2)8-10-25/h19-22,24-27H,3-18,23H2,1-2H3. The van der Waals surface area contributed by atoms with E-state index in [4.69, 9.17) is 4.74 Å². The van der Waals surface area contributed by atoms with Crippen molar-refractivity contribution in [3.63, 3.8) is 0 Å². The number of hydrogen-bond donors (Lipinski definition) is 0. The Morgan fingerprint density at radius 2 is 1.13 bits per heavy atom. The summed E-state index contributed by atoms with van der Waals surface area (Å²) in [7, 11) is 0. The fourth-order valence-electron chi connectivity index (χ4n) is 5.95. The fraction of sp³-hybridized carbons (Fsp3) is 0.793. The van der Waals surface area contributed by atoms with Crippen LogP contribution >= 0.6 is 0 Å². The third-order valence-electron chi connectivity index (χ3n) is 8.14. The molecule has 0 spiro atoms. The Labute approximate surface area is 187 Å². The van der Waals surface area contributed by atoms with Crippen LogP contribution in [0, 0.1) is 23.7 Å². The van der Waals surface area contributed by atoms with Gasteiger partial charge in [0.05, 0.1) is 6.61 Å². The Morgan fingerprint density at radius 3 is 1.63 bits per heavy atom. The minimum Gasteiger partial charge on any atom is -0.494 e. The quantitative estimate of drug-likeness (QED) is 0.311. The van der Waals surface area contributed by atoms with E-state index in [-0.39, 0.29) is 0 Å². The molecular weight excluding hydrogens is 364 g/mol. The molecule has 1 heteroatoms. The molecule has 2 saturated carbocycles. The van der Waals surface area contributed by atoms with Gasteiger partial charge in [-0.2, -0.15) is 0 Å². The minimum atomic E-state index is 0.846. The predicted molar refractivity (Wildman–Crippen MR) is 130 cm³/mol. The zero-order chi connectivity index (χ0) is 21.0. The molecule has 170 valence electrons. The molecule has 0 radical (unpaired) electrons. The maximum atomic E-state index is 5.79. The van der Waals surface area contributed by atoms with Crippen molar-refractivity contribution in [1.29, 1.82) is 0 Å². The average Bonchev–Trinajstić information content (AvgIpc) is 2.79. The van der Waals surface area contributed by atoms with Crippen LogP contribution in [0.2, 0.25) is 0 Å². The third kappa shape index (κ3) is 8.27. The highest BCUT2D eigenvalue weighted by atomic mass is 16.5. The van der Waals surface area contributed by atoms with Gasteiger partial charge in [0.25, 0.3) is 0 Å². The van der Waals surface area contributed by atoms with E-state index in [1.54, 1.807) is 0 Å². The van der Waals surface area contributed by atoms with Gasteiger partial charge >= 0.3 is 0 Å². The number of benzene rings is 1. The van der Waals surface area contributed by atoms with Crippen molar-refractivity contribution in [2.75, 3.05) is 6.61 Å². The number of unbranched alkanes of at least 4 members (excludes halogenated alkanes) is 1. The summed E-state index contributed by atoms with van der Waals surface area (Å²) in [6.45, 7) is 5.40. The zero-order valence-electron chi connectivity index (χ0n) is 20.0. The van der Waals surface area contributed by atoms with Crippen LogP contribution in [0.15, 0.2) is 24.3 Å². The summed E-state index contributed by atoms with van der Waals surface area (Å²) in [6.07, 6.45) is 22.9. The van der Waals surface area contributed by atoms with Crippen LogP contribution in [-0.4, -0.2) is 6.61 Å². The van der Waals surface area contributed by atoms with Crippen LogP contribution in [0.3, 0.4) is 0 Å². The molecule has 0 saturated heterocycles. The summed E-state index contributed by atoms with van der Waals surface area (Å²) in [5.74, 6) is 5.16. The van der Waals surface area contributed by atoms with Crippen molar-refractivity contribution in [3.05, 3.63) is 29.8 Å². The van der Waals surface area contributed by atoms with Crippen LogP contribution in [0.5, 0.6) is 5.75 Å². The summed E-state index contributed by atoms with van der Waals surface area (Å²) in [4.78, 5) is 0. The summed E-state index contributed by atoms with van der Waals surface area (Å²) >= 11 is 0. The van der Waals surface area contributed by atoms with Crippen LogP contribution in [0.4, 0.5) is 0 Å². The van der Waals surface area contributed by atoms with Crippen molar-refractivity contribution < 1.29 is 4.74 Å². The topological polar surface area (TPSA) is 9.23 Å². The smallest absolute Gasteiger partial charge is 0.119 e. The first kappa shape index (κ1) is 23.7. The van der Waals surface area contributed by atoms with Gasteiger partial charge in [-0.05, 0) is 60.6 Å². The van der Waals surface area contributed by atoms with E-state index in [0.717, 1.165) is 42.4 Å². The van der Waals surface area contributed by atoms with Gasteiger partial charge < -0.3 is 4.74 Å². The highest BCUT2D eigenvalue weighted by molar-refractivity contribution is 5.27. The maximum Gasteiger partial charge on any atom is 0.119 e. The molecule has 0 aromatic heterocycles. The number of aryl methyl sites for hydroxylation is 1. The molecule has 2 aliphatic carbocycles. The normalized spacial score (nSPS) is 27.1.